The van der Waals surface area contributed by atoms with E-state index in [4.69, 9.17) is 11.6 Å². The molecule has 0 N–H and O–H groups in total. The summed E-state index contributed by atoms with van der Waals surface area (Å²) in [6.07, 6.45) is 1.61. The largest absolute Gasteiger partial charge is 0.269 e. The minimum Gasteiger partial charge on any atom is -0.258 e. The molecule has 5 nitrogen and oxygen atoms in total. The van der Waals surface area contributed by atoms with Gasteiger partial charge in [-0.3, -0.25) is 10.1 Å². The summed E-state index contributed by atoms with van der Waals surface area (Å²) < 4.78 is 13.1. The molecule has 30 heavy (non-hydrogen) atoms. The fraction of sp³-hybridized carbons (Fsp3) is 0. The molecule has 0 atom stereocenters. The summed E-state index contributed by atoms with van der Waals surface area (Å²) in [6, 6.07) is 19.6. The highest BCUT2D eigenvalue weighted by Gasteiger charge is 2.16. The van der Waals surface area contributed by atoms with Crippen molar-refractivity contribution in [3.05, 3.63) is 99.3 Å². The lowest BCUT2D eigenvalue weighted by Gasteiger charge is -2.03. The molecule has 0 bridgehead atoms. The van der Waals surface area contributed by atoms with Crippen molar-refractivity contribution in [3.63, 3.8) is 0 Å². The normalized spacial score (nSPS) is 11.1. The highest BCUT2D eigenvalue weighted by molar-refractivity contribution is 7.19. The van der Waals surface area contributed by atoms with Gasteiger partial charge in [0.15, 0.2) is 0 Å². The van der Waals surface area contributed by atoms with Crippen molar-refractivity contribution in [3.8, 4) is 21.7 Å². The van der Waals surface area contributed by atoms with Gasteiger partial charge in [0.05, 0.1) is 15.5 Å². The van der Waals surface area contributed by atoms with Crippen LogP contribution in [-0.2, 0) is 0 Å². The predicted molar refractivity (Wildman–Crippen MR) is 118 cm³/mol. The first-order chi connectivity index (χ1) is 14.5. The second kappa shape index (κ2) is 8.52. The third kappa shape index (κ3) is 4.42. The van der Waals surface area contributed by atoms with Crippen LogP contribution in [0.15, 0.2) is 77.8 Å². The number of hydrogen-bond acceptors (Lipinski definition) is 5. The smallest absolute Gasteiger partial charge is 0.258 e. The van der Waals surface area contributed by atoms with Gasteiger partial charge in [-0.05, 0) is 47.5 Å². The number of nitrogens with zero attached hydrogens (tertiary/aromatic N) is 3. The molecule has 0 spiro atoms. The number of nitro benzene ring substituents is 1. The molecular formula is C22H13ClFN3O2S. The Balaban J connectivity index is 1.75. The third-order valence-corrected chi connectivity index (χ3v) is 5.53. The molecule has 3 aromatic carbocycles. The molecule has 0 unspecified atom stereocenters. The highest BCUT2D eigenvalue weighted by atomic mass is 35.5. The van der Waals surface area contributed by atoms with E-state index in [1.165, 1.54) is 35.6 Å². The van der Waals surface area contributed by atoms with Crippen LogP contribution in [0.3, 0.4) is 0 Å². The van der Waals surface area contributed by atoms with E-state index >= 15 is 0 Å². The molecule has 8 heteroatoms. The van der Waals surface area contributed by atoms with E-state index in [1.807, 2.05) is 12.1 Å². The molecule has 1 heterocycles. The van der Waals surface area contributed by atoms with Crippen LogP contribution in [-0.4, -0.2) is 16.1 Å². The standard InChI is InChI=1S/C22H13ClFN3O2S/c23-17-7-3-15(4-8-17)20-21(16-5-11-19(12-6-16)27(28)29)30-22(26-20)25-13-14-1-9-18(24)10-2-14/h1-13H. The third-order valence-electron chi connectivity index (χ3n) is 4.27. The van der Waals surface area contributed by atoms with Crippen molar-refractivity contribution in [2.45, 2.75) is 0 Å². The average Bonchev–Trinajstić information content (AvgIpc) is 3.18. The first kappa shape index (κ1) is 19.9. The van der Waals surface area contributed by atoms with Crippen LogP contribution >= 0.6 is 22.9 Å². The van der Waals surface area contributed by atoms with Crippen molar-refractivity contribution in [2.75, 3.05) is 0 Å². The summed E-state index contributed by atoms with van der Waals surface area (Å²) in [5, 5.41) is 12.1. The van der Waals surface area contributed by atoms with Gasteiger partial charge < -0.3 is 0 Å². The fourth-order valence-corrected chi connectivity index (χ4v) is 3.84. The van der Waals surface area contributed by atoms with Gasteiger partial charge in [0, 0.05) is 28.9 Å². The maximum absolute atomic E-state index is 13.1. The Kier molecular flexibility index (Phi) is 5.65. The average molecular weight is 438 g/mol. The van der Waals surface area contributed by atoms with Gasteiger partial charge in [-0.2, -0.15) is 0 Å². The summed E-state index contributed by atoms with van der Waals surface area (Å²) in [6.45, 7) is 0. The van der Waals surface area contributed by atoms with Crippen LogP contribution in [0.5, 0.6) is 0 Å². The number of aromatic nitrogens is 1. The zero-order valence-electron chi connectivity index (χ0n) is 15.3. The molecule has 0 radical (unpaired) electrons. The summed E-state index contributed by atoms with van der Waals surface area (Å²) in [5.41, 5.74) is 3.12. The molecule has 0 fully saturated rings. The number of hydrogen-bond donors (Lipinski definition) is 0. The Morgan fingerprint density at radius 1 is 0.967 bits per heavy atom. The lowest BCUT2D eigenvalue weighted by atomic mass is 10.1. The molecule has 4 rings (SSSR count). The number of thiazole rings is 1. The number of benzene rings is 3. The lowest BCUT2D eigenvalue weighted by Crippen LogP contribution is -1.87. The van der Waals surface area contributed by atoms with E-state index in [-0.39, 0.29) is 11.5 Å². The van der Waals surface area contributed by atoms with Gasteiger partial charge in [-0.15, -0.1) is 0 Å². The molecule has 0 aliphatic heterocycles. The van der Waals surface area contributed by atoms with Crippen LogP contribution in [0.1, 0.15) is 5.56 Å². The summed E-state index contributed by atoms with van der Waals surface area (Å²) in [7, 11) is 0. The van der Waals surface area contributed by atoms with Gasteiger partial charge in [-0.1, -0.05) is 47.2 Å². The monoisotopic (exact) mass is 437 g/mol. The van der Waals surface area contributed by atoms with Crippen molar-refractivity contribution >= 4 is 40.0 Å². The van der Waals surface area contributed by atoms with Crippen molar-refractivity contribution < 1.29 is 9.31 Å². The molecule has 0 saturated carbocycles. The van der Waals surface area contributed by atoms with Crippen LogP contribution in [0.25, 0.3) is 21.7 Å². The number of halogens is 2. The molecule has 4 aromatic rings. The van der Waals surface area contributed by atoms with E-state index in [9.17, 15) is 14.5 Å². The van der Waals surface area contributed by atoms with Gasteiger partial charge in [0.25, 0.3) is 5.69 Å². The van der Waals surface area contributed by atoms with Crippen molar-refractivity contribution in [1.82, 2.24) is 4.98 Å². The van der Waals surface area contributed by atoms with Crippen molar-refractivity contribution in [1.29, 1.82) is 0 Å². The maximum atomic E-state index is 13.1. The summed E-state index contributed by atoms with van der Waals surface area (Å²) in [4.78, 5) is 20.4. The van der Waals surface area contributed by atoms with Gasteiger partial charge >= 0.3 is 0 Å². The Hall–Kier alpha value is -3.42. The maximum Gasteiger partial charge on any atom is 0.269 e. The number of nitro groups is 1. The summed E-state index contributed by atoms with van der Waals surface area (Å²) in [5.74, 6) is -0.313. The van der Waals surface area contributed by atoms with E-state index in [0.29, 0.717) is 15.8 Å². The van der Waals surface area contributed by atoms with Crippen LogP contribution in [0, 0.1) is 15.9 Å². The Morgan fingerprint density at radius 2 is 1.60 bits per heavy atom. The van der Waals surface area contributed by atoms with E-state index in [0.717, 1.165) is 21.6 Å². The molecule has 1 aromatic heterocycles. The number of rotatable bonds is 5. The molecule has 0 amide bonds. The van der Waals surface area contributed by atoms with E-state index in [2.05, 4.69) is 9.98 Å². The Morgan fingerprint density at radius 3 is 2.23 bits per heavy atom. The topological polar surface area (TPSA) is 68.4 Å². The molecule has 0 aliphatic rings. The quantitative estimate of drug-likeness (QED) is 0.193. The van der Waals surface area contributed by atoms with Gasteiger partial charge in [0.2, 0.25) is 5.13 Å². The van der Waals surface area contributed by atoms with E-state index in [1.54, 1.807) is 42.6 Å². The van der Waals surface area contributed by atoms with Crippen molar-refractivity contribution in [2.24, 2.45) is 4.99 Å². The lowest BCUT2D eigenvalue weighted by molar-refractivity contribution is -0.384. The van der Waals surface area contributed by atoms with Crippen LogP contribution in [0.2, 0.25) is 5.02 Å². The number of aliphatic imine (C=N–C) groups is 1. The zero-order chi connectivity index (χ0) is 21.1. The van der Waals surface area contributed by atoms with Gasteiger partial charge in [-0.25, -0.2) is 14.4 Å². The first-order valence-corrected chi connectivity index (χ1v) is 10.0. The Labute approximate surface area is 180 Å². The molecule has 0 aliphatic carbocycles. The minimum absolute atomic E-state index is 0.0193. The summed E-state index contributed by atoms with van der Waals surface area (Å²) >= 11 is 7.37. The van der Waals surface area contributed by atoms with Crippen LogP contribution < -0.4 is 0 Å². The fourth-order valence-electron chi connectivity index (χ4n) is 2.78. The second-order valence-corrected chi connectivity index (χ2v) is 7.71. The number of non-ortho nitro benzene ring substituents is 1. The first-order valence-electron chi connectivity index (χ1n) is 8.81. The molecule has 148 valence electrons. The molecular weight excluding hydrogens is 425 g/mol. The van der Waals surface area contributed by atoms with E-state index < -0.39 is 4.92 Å². The SMILES string of the molecule is O=[N+]([O-])c1ccc(-c2sc(N=Cc3ccc(F)cc3)nc2-c2ccc(Cl)cc2)cc1. The molecule has 0 saturated heterocycles. The minimum atomic E-state index is -0.436. The zero-order valence-corrected chi connectivity index (χ0v) is 16.9. The van der Waals surface area contributed by atoms with Gasteiger partial charge in [0.1, 0.15) is 5.82 Å². The van der Waals surface area contributed by atoms with Crippen LogP contribution in [0.4, 0.5) is 15.2 Å². The predicted octanol–water partition coefficient (Wildman–Crippen LogP) is 6.93. The Bertz CT molecular complexity index is 1220. The second-order valence-electron chi connectivity index (χ2n) is 6.29. The highest BCUT2D eigenvalue weighted by Crippen LogP contribution is 2.40.